The van der Waals surface area contributed by atoms with Crippen molar-refractivity contribution in [2.24, 2.45) is 0 Å². The minimum absolute atomic E-state index is 0.110. The maximum absolute atomic E-state index is 13.2. The lowest BCUT2D eigenvalue weighted by molar-refractivity contribution is 0.0599. The van der Waals surface area contributed by atoms with E-state index < -0.39 is 0 Å². The Kier molecular flexibility index (Phi) is 4.90. The van der Waals surface area contributed by atoms with Crippen molar-refractivity contribution in [3.63, 3.8) is 0 Å². The molecule has 2 aliphatic rings. The summed E-state index contributed by atoms with van der Waals surface area (Å²) >= 11 is 0. The number of carbonyl (C=O) groups excluding carboxylic acids is 1. The van der Waals surface area contributed by atoms with Gasteiger partial charge in [0.15, 0.2) is 0 Å². The number of hydrogen-bond acceptors (Lipinski definition) is 3. The van der Waals surface area contributed by atoms with Crippen LogP contribution in [0.25, 0.3) is 5.69 Å². The zero-order valence-corrected chi connectivity index (χ0v) is 16.6. The van der Waals surface area contributed by atoms with E-state index in [4.69, 9.17) is 0 Å². The first-order valence-corrected chi connectivity index (χ1v) is 10.5. The second-order valence-corrected chi connectivity index (χ2v) is 7.98. The molecule has 5 heteroatoms. The third-order valence-electron chi connectivity index (χ3n) is 6.31. The molecule has 0 saturated carbocycles. The summed E-state index contributed by atoms with van der Waals surface area (Å²) in [6, 6.07) is 19.0. The van der Waals surface area contributed by atoms with Crippen molar-refractivity contribution in [2.45, 2.75) is 31.8 Å². The van der Waals surface area contributed by atoms with Crippen molar-refractivity contribution in [3.05, 3.63) is 83.7 Å². The molecule has 1 fully saturated rings. The van der Waals surface area contributed by atoms with Crippen molar-refractivity contribution >= 4 is 5.91 Å². The maximum Gasteiger partial charge on any atom is 0.256 e. The number of carbonyl (C=O) groups is 1. The molecule has 5 rings (SSSR count). The number of piperidine rings is 1. The third-order valence-corrected chi connectivity index (χ3v) is 6.31. The van der Waals surface area contributed by atoms with E-state index in [0.717, 1.165) is 56.7 Å². The molecule has 3 heterocycles. The summed E-state index contributed by atoms with van der Waals surface area (Å²) in [5.41, 5.74) is 4.52. The lowest BCUT2D eigenvalue weighted by Gasteiger charge is -2.40. The van der Waals surface area contributed by atoms with Crippen LogP contribution in [-0.4, -0.2) is 51.2 Å². The molecule has 1 saturated heterocycles. The second kappa shape index (κ2) is 7.84. The fourth-order valence-electron chi connectivity index (χ4n) is 4.70. The third kappa shape index (κ3) is 3.58. The largest absolute Gasteiger partial charge is 0.338 e. The number of para-hydroxylation sites is 1. The summed E-state index contributed by atoms with van der Waals surface area (Å²) in [7, 11) is 0. The minimum atomic E-state index is 0.110. The van der Waals surface area contributed by atoms with Gasteiger partial charge in [-0.2, -0.15) is 5.10 Å². The van der Waals surface area contributed by atoms with Crippen molar-refractivity contribution in [1.82, 2.24) is 19.6 Å². The molecule has 2 aromatic carbocycles. The monoisotopic (exact) mass is 386 g/mol. The fraction of sp³-hybridized carbons (Fsp3) is 0.333. The van der Waals surface area contributed by atoms with Gasteiger partial charge in [0, 0.05) is 44.6 Å². The SMILES string of the molecule is O=C(c1ccccc1-n1cccn1)N1CCC(N2CCc3ccccc3C2)CC1. The summed E-state index contributed by atoms with van der Waals surface area (Å²) in [5.74, 6) is 0.110. The summed E-state index contributed by atoms with van der Waals surface area (Å²) in [4.78, 5) is 17.9. The van der Waals surface area contributed by atoms with Gasteiger partial charge < -0.3 is 4.90 Å². The molecule has 0 unspecified atom stereocenters. The van der Waals surface area contributed by atoms with E-state index in [1.54, 1.807) is 10.9 Å². The topological polar surface area (TPSA) is 41.4 Å². The number of aromatic nitrogens is 2. The van der Waals surface area contributed by atoms with Gasteiger partial charge in [-0.3, -0.25) is 9.69 Å². The van der Waals surface area contributed by atoms with Gasteiger partial charge in [-0.25, -0.2) is 4.68 Å². The summed E-state index contributed by atoms with van der Waals surface area (Å²) in [5, 5.41) is 4.31. The summed E-state index contributed by atoms with van der Waals surface area (Å²) < 4.78 is 1.77. The summed E-state index contributed by atoms with van der Waals surface area (Å²) in [6.07, 6.45) is 6.83. The summed E-state index contributed by atoms with van der Waals surface area (Å²) in [6.45, 7) is 3.79. The molecular weight excluding hydrogens is 360 g/mol. The van der Waals surface area contributed by atoms with Gasteiger partial charge in [0.25, 0.3) is 5.91 Å². The Morgan fingerprint density at radius 2 is 1.66 bits per heavy atom. The van der Waals surface area contributed by atoms with E-state index in [1.807, 2.05) is 41.4 Å². The highest BCUT2D eigenvalue weighted by Crippen LogP contribution is 2.26. The highest BCUT2D eigenvalue weighted by molar-refractivity contribution is 5.97. The number of hydrogen-bond donors (Lipinski definition) is 0. The number of rotatable bonds is 3. The van der Waals surface area contributed by atoms with Crippen LogP contribution in [0.2, 0.25) is 0 Å². The molecule has 29 heavy (non-hydrogen) atoms. The average Bonchev–Trinajstić information content (AvgIpc) is 3.33. The molecule has 0 spiro atoms. The molecule has 5 nitrogen and oxygen atoms in total. The lowest BCUT2D eigenvalue weighted by Crippen LogP contribution is -2.48. The van der Waals surface area contributed by atoms with Gasteiger partial charge in [-0.05, 0) is 48.6 Å². The molecule has 0 atom stereocenters. The van der Waals surface area contributed by atoms with Crippen LogP contribution in [0.15, 0.2) is 67.0 Å². The number of amides is 1. The van der Waals surface area contributed by atoms with E-state index in [1.165, 1.54) is 11.1 Å². The van der Waals surface area contributed by atoms with Gasteiger partial charge >= 0.3 is 0 Å². The number of benzene rings is 2. The van der Waals surface area contributed by atoms with E-state index in [0.29, 0.717) is 6.04 Å². The van der Waals surface area contributed by atoms with Crippen LogP contribution in [0.1, 0.15) is 34.3 Å². The van der Waals surface area contributed by atoms with Gasteiger partial charge in [0.1, 0.15) is 0 Å². The van der Waals surface area contributed by atoms with Gasteiger partial charge in [0.2, 0.25) is 0 Å². The predicted octanol–water partition coefficient (Wildman–Crippen LogP) is 3.54. The van der Waals surface area contributed by atoms with Crippen LogP contribution in [0.5, 0.6) is 0 Å². The second-order valence-electron chi connectivity index (χ2n) is 7.98. The van der Waals surface area contributed by atoms with Crippen LogP contribution in [0.4, 0.5) is 0 Å². The highest BCUT2D eigenvalue weighted by atomic mass is 16.2. The van der Waals surface area contributed by atoms with Crippen molar-refractivity contribution in [3.8, 4) is 5.69 Å². The predicted molar refractivity (Wildman–Crippen MR) is 113 cm³/mol. The van der Waals surface area contributed by atoms with Crippen molar-refractivity contribution < 1.29 is 4.79 Å². The number of likely N-dealkylation sites (tertiary alicyclic amines) is 1. The Hall–Kier alpha value is -2.92. The molecule has 0 radical (unpaired) electrons. The standard InChI is InChI=1S/C24H26N4O/c29-24(22-8-3-4-9-23(22)28-14-5-13-25-28)26-16-11-21(12-17-26)27-15-10-19-6-1-2-7-20(19)18-27/h1-9,13-14,21H,10-12,15-18H2. The Morgan fingerprint density at radius 1 is 0.897 bits per heavy atom. The van der Waals surface area contributed by atoms with Gasteiger partial charge in [-0.15, -0.1) is 0 Å². The quantitative estimate of drug-likeness (QED) is 0.691. The number of nitrogens with zero attached hydrogens (tertiary/aromatic N) is 4. The Labute approximate surface area is 171 Å². The normalized spacial score (nSPS) is 17.9. The molecule has 3 aromatic rings. The molecule has 148 valence electrons. The molecule has 0 bridgehead atoms. The molecule has 1 amide bonds. The van der Waals surface area contributed by atoms with Crippen LogP contribution in [-0.2, 0) is 13.0 Å². The van der Waals surface area contributed by atoms with Crippen LogP contribution < -0.4 is 0 Å². The van der Waals surface area contributed by atoms with E-state index >= 15 is 0 Å². The molecule has 0 N–H and O–H groups in total. The van der Waals surface area contributed by atoms with Crippen molar-refractivity contribution in [1.29, 1.82) is 0 Å². The zero-order chi connectivity index (χ0) is 19.6. The van der Waals surface area contributed by atoms with Gasteiger partial charge in [-0.1, -0.05) is 36.4 Å². The average molecular weight is 386 g/mol. The zero-order valence-electron chi connectivity index (χ0n) is 16.6. The van der Waals surface area contributed by atoms with E-state index in [-0.39, 0.29) is 5.91 Å². The molecular formula is C24H26N4O. The maximum atomic E-state index is 13.2. The first-order chi connectivity index (χ1) is 14.3. The van der Waals surface area contributed by atoms with Crippen LogP contribution in [0, 0.1) is 0 Å². The first kappa shape index (κ1) is 18.1. The van der Waals surface area contributed by atoms with Crippen LogP contribution in [0.3, 0.4) is 0 Å². The smallest absolute Gasteiger partial charge is 0.256 e. The lowest BCUT2D eigenvalue weighted by atomic mass is 9.95. The number of fused-ring (bicyclic) bond motifs is 1. The fourth-order valence-corrected chi connectivity index (χ4v) is 4.70. The first-order valence-electron chi connectivity index (χ1n) is 10.5. The minimum Gasteiger partial charge on any atom is -0.338 e. The highest BCUT2D eigenvalue weighted by Gasteiger charge is 2.30. The molecule has 2 aliphatic heterocycles. The van der Waals surface area contributed by atoms with Crippen molar-refractivity contribution in [2.75, 3.05) is 19.6 Å². The Morgan fingerprint density at radius 3 is 2.45 bits per heavy atom. The van der Waals surface area contributed by atoms with E-state index in [2.05, 4.69) is 34.3 Å². The Balaban J connectivity index is 1.26. The molecule has 1 aromatic heterocycles. The van der Waals surface area contributed by atoms with E-state index in [9.17, 15) is 4.79 Å². The molecule has 0 aliphatic carbocycles. The Bertz CT molecular complexity index is 990. The van der Waals surface area contributed by atoms with Gasteiger partial charge in [0.05, 0.1) is 11.3 Å². The van der Waals surface area contributed by atoms with Crippen LogP contribution >= 0.6 is 0 Å².